The fraction of sp³-hybridized carbons (Fsp3) is 0.429. The maximum atomic E-state index is 12.1. The van der Waals surface area contributed by atoms with Gasteiger partial charge in [0.1, 0.15) is 0 Å². The number of rotatable bonds is 1. The van der Waals surface area contributed by atoms with Crippen molar-refractivity contribution in [1.82, 2.24) is 0 Å². The first-order valence-corrected chi connectivity index (χ1v) is 6.32. The summed E-state index contributed by atoms with van der Waals surface area (Å²) in [5.41, 5.74) is 2.17. The third-order valence-corrected chi connectivity index (χ3v) is 3.88. The van der Waals surface area contributed by atoms with Gasteiger partial charge in [0.25, 0.3) is 0 Å². The second-order valence-electron chi connectivity index (χ2n) is 5.00. The van der Waals surface area contributed by atoms with E-state index in [1.807, 2.05) is 6.07 Å². The van der Waals surface area contributed by atoms with Crippen molar-refractivity contribution in [3.8, 4) is 0 Å². The van der Waals surface area contributed by atoms with E-state index >= 15 is 0 Å². The third kappa shape index (κ3) is 1.68. The molecule has 1 unspecified atom stereocenters. The molecule has 1 aromatic carbocycles. The molecule has 1 aromatic rings. The number of anilines is 1. The predicted octanol–water partition coefficient (Wildman–Crippen LogP) is 1.87. The van der Waals surface area contributed by atoms with E-state index < -0.39 is 5.97 Å². The van der Waals surface area contributed by atoms with E-state index in [-0.39, 0.29) is 17.4 Å². The standard InChI is InChI=1S/C14H15NO3/c16-13-8-10-7-9(14(17)18)4-5-11(10)15-6-2-1-3-12(13)15/h4-5,7,12H,1-3,6,8H2,(H,17,18). The zero-order valence-corrected chi connectivity index (χ0v) is 10.1. The molecule has 1 saturated heterocycles. The lowest BCUT2D eigenvalue weighted by atomic mass is 9.88. The molecule has 0 amide bonds. The highest BCUT2D eigenvalue weighted by Crippen LogP contribution is 2.34. The number of ketones is 1. The molecule has 18 heavy (non-hydrogen) atoms. The first-order chi connectivity index (χ1) is 8.66. The fourth-order valence-electron chi connectivity index (χ4n) is 3.00. The molecule has 3 rings (SSSR count). The number of piperidine rings is 1. The highest BCUT2D eigenvalue weighted by atomic mass is 16.4. The molecule has 1 atom stereocenters. The van der Waals surface area contributed by atoms with Gasteiger partial charge in [-0.2, -0.15) is 0 Å². The highest BCUT2D eigenvalue weighted by Gasteiger charge is 2.34. The quantitative estimate of drug-likeness (QED) is 0.820. The minimum absolute atomic E-state index is 0.0157. The van der Waals surface area contributed by atoms with Crippen molar-refractivity contribution in [3.63, 3.8) is 0 Å². The molecule has 0 aromatic heterocycles. The van der Waals surface area contributed by atoms with Crippen LogP contribution in [0, 0.1) is 0 Å². The van der Waals surface area contributed by atoms with Crippen LogP contribution in [0.4, 0.5) is 5.69 Å². The van der Waals surface area contributed by atoms with E-state index in [9.17, 15) is 9.59 Å². The summed E-state index contributed by atoms with van der Waals surface area (Å²) in [6.07, 6.45) is 3.51. The molecule has 2 aliphatic rings. The van der Waals surface area contributed by atoms with Gasteiger partial charge >= 0.3 is 5.97 Å². The number of benzene rings is 1. The van der Waals surface area contributed by atoms with Gasteiger partial charge in [-0.15, -0.1) is 0 Å². The number of carbonyl (C=O) groups excluding carboxylic acids is 1. The van der Waals surface area contributed by atoms with Gasteiger partial charge in [0.2, 0.25) is 0 Å². The van der Waals surface area contributed by atoms with Crippen LogP contribution >= 0.6 is 0 Å². The average molecular weight is 245 g/mol. The molecule has 0 aliphatic carbocycles. The molecule has 0 saturated carbocycles. The van der Waals surface area contributed by atoms with E-state index in [1.165, 1.54) is 0 Å². The van der Waals surface area contributed by atoms with Gasteiger partial charge in [-0.05, 0) is 43.0 Å². The Morgan fingerprint density at radius 2 is 2.17 bits per heavy atom. The summed E-state index contributed by atoms with van der Waals surface area (Å²) in [5, 5.41) is 8.99. The van der Waals surface area contributed by atoms with Crippen molar-refractivity contribution in [2.45, 2.75) is 31.7 Å². The predicted molar refractivity (Wildman–Crippen MR) is 67.1 cm³/mol. The van der Waals surface area contributed by atoms with E-state index in [4.69, 9.17) is 5.11 Å². The van der Waals surface area contributed by atoms with E-state index in [0.717, 1.165) is 37.1 Å². The van der Waals surface area contributed by atoms with Gasteiger partial charge in [0, 0.05) is 18.7 Å². The van der Waals surface area contributed by atoms with Gasteiger partial charge in [-0.25, -0.2) is 4.79 Å². The second-order valence-corrected chi connectivity index (χ2v) is 5.00. The normalized spacial score (nSPS) is 22.3. The highest BCUT2D eigenvalue weighted by molar-refractivity contribution is 5.95. The van der Waals surface area contributed by atoms with Crippen molar-refractivity contribution >= 4 is 17.4 Å². The van der Waals surface area contributed by atoms with Crippen molar-refractivity contribution < 1.29 is 14.7 Å². The number of fused-ring (bicyclic) bond motifs is 3. The van der Waals surface area contributed by atoms with Gasteiger partial charge in [0.05, 0.1) is 11.6 Å². The Labute approximate surface area is 105 Å². The van der Waals surface area contributed by atoms with Crippen molar-refractivity contribution in [3.05, 3.63) is 29.3 Å². The lowest BCUT2D eigenvalue weighted by Crippen LogP contribution is -2.48. The van der Waals surface area contributed by atoms with Crippen LogP contribution in [0.15, 0.2) is 18.2 Å². The summed E-state index contributed by atoms with van der Waals surface area (Å²) in [6, 6.07) is 5.13. The maximum Gasteiger partial charge on any atom is 0.335 e. The zero-order valence-electron chi connectivity index (χ0n) is 10.1. The molecule has 0 bridgehead atoms. The van der Waals surface area contributed by atoms with Crippen molar-refractivity contribution in [2.24, 2.45) is 0 Å². The minimum Gasteiger partial charge on any atom is -0.478 e. The smallest absolute Gasteiger partial charge is 0.335 e. The number of carboxylic acid groups (broad SMARTS) is 1. The van der Waals surface area contributed by atoms with E-state index in [1.54, 1.807) is 12.1 Å². The number of aromatic carboxylic acids is 1. The molecular formula is C14H15NO3. The lowest BCUT2D eigenvalue weighted by Gasteiger charge is -2.41. The molecule has 2 heterocycles. The average Bonchev–Trinajstić information content (AvgIpc) is 2.38. The van der Waals surface area contributed by atoms with Crippen LogP contribution in [-0.4, -0.2) is 29.4 Å². The van der Waals surface area contributed by atoms with Gasteiger partial charge in [-0.1, -0.05) is 0 Å². The van der Waals surface area contributed by atoms with Crippen LogP contribution in [-0.2, 0) is 11.2 Å². The molecule has 1 fully saturated rings. The summed E-state index contributed by atoms with van der Waals surface area (Å²) in [4.78, 5) is 25.2. The molecule has 4 heteroatoms. The SMILES string of the molecule is O=C(O)c1ccc2c(c1)CC(=O)C1CCCCN21. The molecule has 4 nitrogen and oxygen atoms in total. The number of hydrogen-bond acceptors (Lipinski definition) is 3. The Hall–Kier alpha value is -1.84. The van der Waals surface area contributed by atoms with E-state index in [2.05, 4.69) is 4.90 Å². The first kappa shape index (κ1) is 11.3. The summed E-state index contributed by atoms with van der Waals surface area (Å²) in [7, 11) is 0. The molecule has 0 spiro atoms. The van der Waals surface area contributed by atoms with Crippen LogP contribution in [0.2, 0.25) is 0 Å². The van der Waals surface area contributed by atoms with Crippen LogP contribution in [0.3, 0.4) is 0 Å². The van der Waals surface area contributed by atoms with Gasteiger partial charge in [0.15, 0.2) is 5.78 Å². The molecular weight excluding hydrogens is 230 g/mol. The van der Waals surface area contributed by atoms with Crippen LogP contribution < -0.4 is 4.90 Å². The Kier molecular flexibility index (Phi) is 2.58. The summed E-state index contributed by atoms with van der Waals surface area (Å²) < 4.78 is 0. The van der Waals surface area contributed by atoms with E-state index in [0.29, 0.717) is 6.42 Å². The lowest BCUT2D eigenvalue weighted by molar-refractivity contribution is -0.120. The Morgan fingerprint density at radius 3 is 2.94 bits per heavy atom. The van der Waals surface area contributed by atoms with Crippen molar-refractivity contribution in [2.75, 3.05) is 11.4 Å². The summed E-state index contributed by atoms with van der Waals surface area (Å²) >= 11 is 0. The summed E-state index contributed by atoms with van der Waals surface area (Å²) in [5.74, 6) is -0.712. The number of nitrogens with zero attached hydrogens (tertiary/aromatic N) is 1. The molecule has 0 radical (unpaired) electrons. The second kappa shape index (κ2) is 4.12. The number of hydrogen-bond donors (Lipinski definition) is 1. The topological polar surface area (TPSA) is 57.6 Å². The van der Waals surface area contributed by atoms with Gasteiger partial charge < -0.3 is 10.0 Å². The Morgan fingerprint density at radius 1 is 1.33 bits per heavy atom. The maximum absolute atomic E-state index is 12.1. The first-order valence-electron chi connectivity index (χ1n) is 6.32. The molecule has 1 N–H and O–H groups in total. The van der Waals surface area contributed by atoms with Crippen molar-refractivity contribution in [1.29, 1.82) is 0 Å². The number of Topliss-reactive ketones (excluding diaryl/α,β-unsaturated/α-hetero) is 1. The van der Waals surface area contributed by atoms with Crippen LogP contribution in [0.25, 0.3) is 0 Å². The largest absolute Gasteiger partial charge is 0.478 e. The Balaban J connectivity index is 2.04. The minimum atomic E-state index is -0.939. The molecule has 2 aliphatic heterocycles. The zero-order chi connectivity index (χ0) is 12.7. The van der Waals surface area contributed by atoms with Gasteiger partial charge in [-0.3, -0.25) is 4.79 Å². The Bertz CT molecular complexity index is 524. The van der Waals surface area contributed by atoms with Crippen LogP contribution in [0.5, 0.6) is 0 Å². The number of carbonyl (C=O) groups is 2. The molecule has 94 valence electrons. The fourth-order valence-corrected chi connectivity index (χ4v) is 3.00. The van der Waals surface area contributed by atoms with Crippen LogP contribution in [0.1, 0.15) is 35.2 Å². The number of carboxylic acids is 1. The summed E-state index contributed by atoms with van der Waals surface area (Å²) in [6.45, 7) is 0.899. The third-order valence-electron chi connectivity index (χ3n) is 3.88. The monoisotopic (exact) mass is 245 g/mol.